The lowest BCUT2D eigenvalue weighted by atomic mass is 9.85. The Morgan fingerprint density at radius 2 is 2.07 bits per heavy atom. The van der Waals surface area contributed by atoms with Gasteiger partial charge in [-0.25, -0.2) is 22.7 Å². The third-order valence-corrected chi connectivity index (χ3v) is 8.34. The molecule has 0 unspecified atom stereocenters. The van der Waals surface area contributed by atoms with E-state index < -0.39 is 15.6 Å². The molecule has 1 aliphatic heterocycles. The molecule has 3 aromatic rings. The summed E-state index contributed by atoms with van der Waals surface area (Å²) in [5.41, 5.74) is 1.88. The van der Waals surface area contributed by atoms with Gasteiger partial charge in [0.2, 0.25) is 10.0 Å². The van der Waals surface area contributed by atoms with Crippen LogP contribution < -0.4 is 0 Å². The minimum atomic E-state index is -3.22. The van der Waals surface area contributed by atoms with Crippen molar-refractivity contribution < 1.29 is 8.42 Å². The SMILES string of the molecule is N#CCC1(n2cc(-c3ncnc4[nH]ccc34)cn2)CCN(S(=O)(=O)CC2CC2)CC1. The molecular formula is C20H23N7O2S. The Morgan fingerprint density at radius 1 is 1.27 bits per heavy atom. The van der Waals surface area contributed by atoms with Gasteiger partial charge in [0.15, 0.2) is 0 Å². The fourth-order valence-electron chi connectivity index (χ4n) is 4.31. The molecule has 10 heteroatoms. The van der Waals surface area contributed by atoms with Crippen molar-refractivity contribution in [1.82, 2.24) is 29.0 Å². The first-order valence-corrected chi connectivity index (χ1v) is 11.8. The van der Waals surface area contributed by atoms with Crippen LogP contribution in [-0.2, 0) is 15.6 Å². The highest BCUT2D eigenvalue weighted by Gasteiger charge is 2.41. The third kappa shape index (κ3) is 3.38. The van der Waals surface area contributed by atoms with Crippen LogP contribution in [-0.4, -0.2) is 56.3 Å². The van der Waals surface area contributed by atoms with Crippen molar-refractivity contribution >= 4 is 21.1 Å². The standard InChI is InChI=1S/C20H23N7O2S/c21-7-4-20(5-9-26(10-6-20)30(28,29)13-15-1-2-15)27-12-16(11-25-27)18-17-3-8-22-19(17)24-14-23-18/h3,8,11-12,14-15H,1-2,4-6,9-10,13H2,(H,22,23,24). The van der Waals surface area contributed by atoms with Crippen molar-refractivity contribution in [1.29, 1.82) is 5.26 Å². The molecule has 4 heterocycles. The van der Waals surface area contributed by atoms with E-state index in [1.54, 1.807) is 10.5 Å². The molecule has 0 amide bonds. The van der Waals surface area contributed by atoms with Gasteiger partial charge in [-0.3, -0.25) is 4.68 Å². The predicted octanol–water partition coefficient (Wildman–Crippen LogP) is 2.27. The van der Waals surface area contributed by atoms with Gasteiger partial charge in [0.1, 0.15) is 12.0 Å². The van der Waals surface area contributed by atoms with E-state index in [1.165, 1.54) is 6.33 Å². The first-order valence-electron chi connectivity index (χ1n) is 10.2. The Kier molecular flexibility index (Phi) is 4.60. The van der Waals surface area contributed by atoms with Gasteiger partial charge in [-0.05, 0) is 37.7 Å². The zero-order valence-electron chi connectivity index (χ0n) is 16.5. The maximum Gasteiger partial charge on any atom is 0.214 e. The molecule has 0 spiro atoms. The van der Waals surface area contributed by atoms with Gasteiger partial charge >= 0.3 is 0 Å². The van der Waals surface area contributed by atoms with Crippen molar-refractivity contribution in [2.75, 3.05) is 18.8 Å². The van der Waals surface area contributed by atoms with Crippen LogP contribution in [0.3, 0.4) is 0 Å². The highest BCUT2D eigenvalue weighted by atomic mass is 32.2. The Balaban J connectivity index is 1.41. The number of aromatic nitrogens is 5. The predicted molar refractivity (Wildman–Crippen MR) is 111 cm³/mol. The third-order valence-electron chi connectivity index (χ3n) is 6.29. The van der Waals surface area contributed by atoms with E-state index in [1.807, 2.05) is 23.1 Å². The molecule has 1 saturated heterocycles. The Morgan fingerprint density at radius 3 is 2.80 bits per heavy atom. The van der Waals surface area contributed by atoms with Gasteiger partial charge in [-0.2, -0.15) is 10.4 Å². The first-order chi connectivity index (χ1) is 14.5. The second-order valence-corrected chi connectivity index (χ2v) is 10.3. The van der Waals surface area contributed by atoms with Crippen molar-refractivity contribution in [3.05, 3.63) is 31.0 Å². The molecule has 30 heavy (non-hydrogen) atoms. The largest absolute Gasteiger partial charge is 0.346 e. The zero-order chi connectivity index (χ0) is 20.8. The molecule has 1 N–H and O–H groups in total. The quantitative estimate of drug-likeness (QED) is 0.647. The molecular weight excluding hydrogens is 402 g/mol. The summed E-state index contributed by atoms with van der Waals surface area (Å²) in [4.78, 5) is 11.7. The van der Waals surface area contributed by atoms with Crippen LogP contribution in [0.5, 0.6) is 0 Å². The van der Waals surface area contributed by atoms with Crippen molar-refractivity contribution in [2.24, 2.45) is 5.92 Å². The summed E-state index contributed by atoms with van der Waals surface area (Å²) in [6.07, 6.45) is 10.4. The van der Waals surface area contributed by atoms with E-state index in [-0.39, 0.29) is 12.2 Å². The Hall–Kier alpha value is -2.77. The molecule has 0 radical (unpaired) electrons. The average molecular weight is 426 g/mol. The second kappa shape index (κ2) is 7.18. The summed E-state index contributed by atoms with van der Waals surface area (Å²) in [5.74, 6) is 0.581. The maximum absolute atomic E-state index is 12.7. The van der Waals surface area contributed by atoms with Gasteiger partial charge < -0.3 is 4.98 Å². The van der Waals surface area contributed by atoms with Crippen molar-refractivity contribution in [3.63, 3.8) is 0 Å². The molecule has 0 aromatic carbocycles. The zero-order valence-corrected chi connectivity index (χ0v) is 17.3. The lowest BCUT2D eigenvalue weighted by molar-refractivity contribution is 0.148. The van der Waals surface area contributed by atoms with Crippen molar-refractivity contribution in [2.45, 2.75) is 37.6 Å². The number of sulfonamides is 1. The fraction of sp³-hybridized carbons (Fsp3) is 0.500. The molecule has 0 atom stereocenters. The molecule has 156 valence electrons. The number of aromatic amines is 1. The summed E-state index contributed by atoms with van der Waals surface area (Å²) >= 11 is 0. The number of fused-ring (bicyclic) bond motifs is 1. The number of hydrogen-bond donors (Lipinski definition) is 1. The topological polar surface area (TPSA) is 121 Å². The number of rotatable bonds is 6. The minimum Gasteiger partial charge on any atom is -0.346 e. The number of nitrogens with zero attached hydrogens (tertiary/aromatic N) is 6. The lowest BCUT2D eigenvalue weighted by Crippen LogP contribution is -2.48. The van der Waals surface area contributed by atoms with Gasteiger partial charge in [0.05, 0.1) is 35.7 Å². The Bertz CT molecular complexity index is 1210. The molecule has 2 fully saturated rings. The molecule has 5 rings (SSSR count). The van der Waals surface area contributed by atoms with Gasteiger partial charge in [-0.15, -0.1) is 0 Å². The van der Waals surface area contributed by atoms with Gasteiger partial charge in [0.25, 0.3) is 0 Å². The molecule has 3 aromatic heterocycles. The smallest absolute Gasteiger partial charge is 0.214 e. The summed E-state index contributed by atoms with van der Waals surface area (Å²) in [7, 11) is -3.22. The number of piperidine rings is 1. The van der Waals surface area contributed by atoms with Crippen LogP contribution in [0.15, 0.2) is 31.0 Å². The minimum absolute atomic E-state index is 0.255. The van der Waals surface area contributed by atoms with Crippen LogP contribution in [0.1, 0.15) is 32.1 Å². The van der Waals surface area contributed by atoms with Gasteiger partial charge in [-0.1, -0.05) is 0 Å². The summed E-state index contributed by atoms with van der Waals surface area (Å²) in [5, 5.41) is 15.0. The summed E-state index contributed by atoms with van der Waals surface area (Å²) in [6, 6.07) is 4.21. The van der Waals surface area contributed by atoms with Crippen LogP contribution in [0, 0.1) is 17.2 Å². The summed E-state index contributed by atoms with van der Waals surface area (Å²) < 4.78 is 28.7. The van der Waals surface area contributed by atoms with E-state index >= 15 is 0 Å². The molecule has 1 aliphatic carbocycles. The lowest BCUT2D eigenvalue weighted by Gasteiger charge is -2.40. The van der Waals surface area contributed by atoms with E-state index in [4.69, 9.17) is 0 Å². The maximum atomic E-state index is 12.7. The normalized spacial score (nSPS) is 19.7. The molecule has 0 bridgehead atoms. The molecule has 1 saturated carbocycles. The fourth-order valence-corrected chi connectivity index (χ4v) is 6.19. The highest BCUT2D eigenvalue weighted by molar-refractivity contribution is 7.89. The van der Waals surface area contributed by atoms with E-state index in [2.05, 4.69) is 26.1 Å². The molecule has 2 aliphatic rings. The van der Waals surface area contributed by atoms with E-state index in [0.717, 1.165) is 35.1 Å². The van der Waals surface area contributed by atoms with Crippen molar-refractivity contribution in [3.8, 4) is 17.3 Å². The van der Waals surface area contributed by atoms with Crippen LogP contribution in [0.2, 0.25) is 0 Å². The number of hydrogen-bond acceptors (Lipinski definition) is 6. The van der Waals surface area contributed by atoms with Crippen LogP contribution >= 0.6 is 0 Å². The number of H-pyrrole nitrogens is 1. The van der Waals surface area contributed by atoms with E-state index in [0.29, 0.717) is 31.8 Å². The number of nitriles is 1. The number of nitrogens with one attached hydrogen (secondary N) is 1. The average Bonchev–Trinajstić information content (AvgIpc) is 3.21. The monoisotopic (exact) mass is 425 g/mol. The summed E-state index contributed by atoms with van der Waals surface area (Å²) in [6.45, 7) is 0.836. The second-order valence-electron chi connectivity index (χ2n) is 8.32. The Labute approximate surface area is 174 Å². The van der Waals surface area contributed by atoms with Crippen LogP contribution in [0.4, 0.5) is 0 Å². The van der Waals surface area contributed by atoms with E-state index in [9.17, 15) is 13.7 Å². The van der Waals surface area contributed by atoms with Gasteiger partial charge in [0, 0.05) is 36.4 Å². The van der Waals surface area contributed by atoms with Crippen LogP contribution in [0.25, 0.3) is 22.3 Å². The molecule has 9 nitrogen and oxygen atoms in total. The first kappa shape index (κ1) is 19.2. The highest BCUT2D eigenvalue weighted by Crippen LogP contribution is 2.37.